The molecule has 2 nitrogen and oxygen atoms in total. The van der Waals surface area contributed by atoms with Crippen LogP contribution in [0, 0.1) is 40.4 Å². The predicted molar refractivity (Wildman–Crippen MR) is 88.3 cm³/mol. The van der Waals surface area contributed by atoms with Crippen LogP contribution >= 0.6 is 0 Å². The first kappa shape index (κ1) is 15.4. The molecule has 0 saturated heterocycles. The highest BCUT2D eigenvalue weighted by atomic mass is 16.3. The maximum Gasteiger partial charge on any atom is 0.0596 e. The van der Waals surface area contributed by atoms with Crippen molar-refractivity contribution in [3.8, 4) is 0 Å². The Morgan fingerprint density at radius 2 is 1.45 bits per heavy atom. The molecule has 0 radical (unpaired) electrons. The zero-order chi connectivity index (χ0) is 15.7. The molecule has 0 amide bonds. The largest absolute Gasteiger partial charge is 0.393 e. The summed E-state index contributed by atoms with van der Waals surface area (Å²) in [4.78, 5) is 0. The maximum atomic E-state index is 10.5. The first-order valence-electron chi connectivity index (χ1n) is 9.72. The van der Waals surface area contributed by atoms with Gasteiger partial charge < -0.3 is 10.2 Å². The lowest BCUT2D eigenvalue weighted by Crippen LogP contribution is -2.56. The van der Waals surface area contributed by atoms with Crippen LogP contribution in [0.5, 0.6) is 0 Å². The molecule has 0 bridgehead atoms. The predicted octanol–water partition coefficient (Wildman–Crippen LogP) is 4.00. The van der Waals surface area contributed by atoms with E-state index in [1.807, 2.05) is 0 Å². The fraction of sp³-hybridized carbons (Fsp3) is 1.00. The third-order valence-electron chi connectivity index (χ3n) is 8.95. The van der Waals surface area contributed by atoms with Gasteiger partial charge in [0.1, 0.15) is 0 Å². The topological polar surface area (TPSA) is 40.5 Å². The highest BCUT2D eigenvalue weighted by molar-refractivity contribution is 5.10. The molecular formula is C20H34O2. The van der Waals surface area contributed by atoms with Crippen LogP contribution in [0.25, 0.3) is 0 Å². The lowest BCUT2D eigenvalue weighted by atomic mass is 9.43. The molecule has 9 atom stereocenters. The summed E-state index contributed by atoms with van der Waals surface area (Å²) in [5.41, 5.74) is 0.634. The standard InChI is InChI=1S/C20H34O2/c1-12-10-14-15-4-5-18(22)20(15,3)9-7-16(14)19(2)8-6-13(21)11-17(12)19/h12-18,21-22H,4-11H2,1-3H3. The van der Waals surface area contributed by atoms with Gasteiger partial charge in [-0.3, -0.25) is 0 Å². The minimum absolute atomic E-state index is 0.0563. The van der Waals surface area contributed by atoms with E-state index in [0.717, 1.165) is 42.9 Å². The van der Waals surface area contributed by atoms with E-state index in [9.17, 15) is 10.2 Å². The molecule has 0 aromatic rings. The van der Waals surface area contributed by atoms with Crippen molar-refractivity contribution in [1.82, 2.24) is 0 Å². The normalized spacial score (nSPS) is 61.2. The van der Waals surface area contributed by atoms with Gasteiger partial charge in [-0.15, -0.1) is 0 Å². The van der Waals surface area contributed by atoms with Gasteiger partial charge in [0.2, 0.25) is 0 Å². The van der Waals surface area contributed by atoms with Crippen LogP contribution < -0.4 is 0 Å². The number of aliphatic hydroxyl groups is 2. The minimum Gasteiger partial charge on any atom is -0.393 e. The molecule has 4 aliphatic rings. The van der Waals surface area contributed by atoms with Crippen LogP contribution in [-0.4, -0.2) is 22.4 Å². The molecule has 2 N–H and O–H groups in total. The van der Waals surface area contributed by atoms with E-state index >= 15 is 0 Å². The Labute approximate surface area is 135 Å². The molecule has 0 aromatic heterocycles. The quantitative estimate of drug-likeness (QED) is 0.710. The molecule has 4 aliphatic carbocycles. The van der Waals surface area contributed by atoms with Crippen LogP contribution in [0.1, 0.15) is 72.1 Å². The Morgan fingerprint density at radius 1 is 0.773 bits per heavy atom. The zero-order valence-electron chi connectivity index (χ0n) is 14.6. The Morgan fingerprint density at radius 3 is 2.23 bits per heavy atom. The van der Waals surface area contributed by atoms with Gasteiger partial charge in [0.15, 0.2) is 0 Å². The van der Waals surface area contributed by atoms with Gasteiger partial charge >= 0.3 is 0 Å². The number of hydrogen-bond donors (Lipinski definition) is 2. The fourth-order valence-corrected chi connectivity index (χ4v) is 7.69. The first-order chi connectivity index (χ1) is 10.4. The molecule has 4 saturated carbocycles. The lowest BCUT2D eigenvalue weighted by molar-refractivity contribution is -0.152. The Balaban J connectivity index is 1.66. The van der Waals surface area contributed by atoms with Crippen LogP contribution in [-0.2, 0) is 0 Å². The van der Waals surface area contributed by atoms with Crippen LogP contribution in [0.4, 0.5) is 0 Å². The van der Waals surface area contributed by atoms with E-state index < -0.39 is 0 Å². The number of aliphatic hydroxyl groups excluding tert-OH is 2. The molecular weight excluding hydrogens is 272 g/mol. The second kappa shape index (κ2) is 4.96. The third-order valence-corrected chi connectivity index (χ3v) is 8.95. The third kappa shape index (κ3) is 1.92. The van der Waals surface area contributed by atoms with Crippen molar-refractivity contribution in [2.75, 3.05) is 0 Å². The van der Waals surface area contributed by atoms with E-state index in [2.05, 4.69) is 20.8 Å². The van der Waals surface area contributed by atoms with Crippen molar-refractivity contribution >= 4 is 0 Å². The van der Waals surface area contributed by atoms with Crippen LogP contribution in [0.3, 0.4) is 0 Å². The molecule has 22 heavy (non-hydrogen) atoms. The first-order valence-corrected chi connectivity index (χ1v) is 9.72. The number of rotatable bonds is 0. The molecule has 0 heterocycles. The van der Waals surface area contributed by atoms with Crippen molar-refractivity contribution in [2.24, 2.45) is 40.4 Å². The summed E-state index contributed by atoms with van der Waals surface area (Å²) in [7, 11) is 0. The summed E-state index contributed by atoms with van der Waals surface area (Å²) in [5, 5.41) is 20.7. The molecule has 9 unspecified atom stereocenters. The summed E-state index contributed by atoms with van der Waals surface area (Å²) in [6.45, 7) is 7.36. The summed E-state index contributed by atoms with van der Waals surface area (Å²) in [5.74, 6) is 3.86. The van der Waals surface area contributed by atoms with Gasteiger partial charge in [-0.05, 0) is 91.8 Å². The molecule has 4 rings (SSSR count). The Bertz CT molecular complexity index is 449. The average Bonchev–Trinajstić information content (AvgIpc) is 2.77. The van der Waals surface area contributed by atoms with E-state index in [0.29, 0.717) is 11.3 Å². The Kier molecular flexibility index (Phi) is 3.48. The highest BCUT2D eigenvalue weighted by Gasteiger charge is 2.61. The second-order valence-corrected chi connectivity index (χ2v) is 9.77. The molecule has 4 fully saturated rings. The SMILES string of the molecule is CC1CC2C3CCC(O)C3(C)CCC2C2(C)CCC(O)CC12. The average molecular weight is 306 g/mol. The zero-order valence-corrected chi connectivity index (χ0v) is 14.6. The van der Waals surface area contributed by atoms with Gasteiger partial charge in [0.05, 0.1) is 12.2 Å². The van der Waals surface area contributed by atoms with Crippen LogP contribution in [0.2, 0.25) is 0 Å². The van der Waals surface area contributed by atoms with Crippen molar-refractivity contribution in [2.45, 2.75) is 84.3 Å². The Hall–Kier alpha value is -0.0800. The monoisotopic (exact) mass is 306 g/mol. The lowest BCUT2D eigenvalue weighted by Gasteiger charge is -2.62. The molecule has 126 valence electrons. The van der Waals surface area contributed by atoms with Gasteiger partial charge in [-0.1, -0.05) is 20.8 Å². The summed E-state index contributed by atoms with van der Waals surface area (Å²) < 4.78 is 0. The van der Waals surface area contributed by atoms with Gasteiger partial charge in [-0.2, -0.15) is 0 Å². The summed E-state index contributed by atoms with van der Waals surface area (Å²) in [6, 6.07) is 0. The second-order valence-electron chi connectivity index (χ2n) is 9.77. The molecule has 0 spiro atoms. The smallest absolute Gasteiger partial charge is 0.0596 e. The number of hydrogen-bond acceptors (Lipinski definition) is 2. The number of fused-ring (bicyclic) bond motifs is 5. The molecule has 2 heteroatoms. The van der Waals surface area contributed by atoms with Gasteiger partial charge in [-0.25, -0.2) is 0 Å². The highest BCUT2D eigenvalue weighted by Crippen LogP contribution is 2.67. The van der Waals surface area contributed by atoms with Gasteiger partial charge in [0, 0.05) is 0 Å². The van der Waals surface area contributed by atoms with Crippen molar-refractivity contribution in [3.63, 3.8) is 0 Å². The van der Waals surface area contributed by atoms with E-state index in [4.69, 9.17) is 0 Å². The van der Waals surface area contributed by atoms with Crippen molar-refractivity contribution < 1.29 is 10.2 Å². The van der Waals surface area contributed by atoms with Crippen molar-refractivity contribution in [3.05, 3.63) is 0 Å². The summed E-state index contributed by atoms with van der Waals surface area (Å²) >= 11 is 0. The van der Waals surface area contributed by atoms with E-state index in [1.54, 1.807) is 0 Å². The maximum absolute atomic E-state index is 10.5. The molecule has 0 aromatic carbocycles. The summed E-state index contributed by atoms with van der Waals surface area (Å²) in [6.07, 6.45) is 9.28. The van der Waals surface area contributed by atoms with E-state index in [1.165, 1.54) is 32.1 Å². The van der Waals surface area contributed by atoms with Crippen LogP contribution in [0.15, 0.2) is 0 Å². The minimum atomic E-state index is -0.0625. The molecule has 0 aliphatic heterocycles. The van der Waals surface area contributed by atoms with E-state index in [-0.39, 0.29) is 17.6 Å². The van der Waals surface area contributed by atoms with Gasteiger partial charge in [0.25, 0.3) is 0 Å². The van der Waals surface area contributed by atoms with Crippen molar-refractivity contribution in [1.29, 1.82) is 0 Å². The fourth-order valence-electron chi connectivity index (χ4n) is 7.69.